The van der Waals surface area contributed by atoms with Crippen molar-refractivity contribution in [1.29, 1.82) is 0 Å². The normalized spacial score (nSPS) is 13.1. The summed E-state index contributed by atoms with van der Waals surface area (Å²) in [6.45, 7) is 2.94. The zero-order valence-corrected chi connectivity index (χ0v) is 12.1. The van der Waals surface area contributed by atoms with Gasteiger partial charge in [0.25, 0.3) is 0 Å². The predicted octanol–water partition coefficient (Wildman–Crippen LogP) is 2.56. The summed E-state index contributed by atoms with van der Waals surface area (Å²) < 4.78 is 9.96. The molecule has 1 atom stereocenters. The third kappa shape index (κ3) is 5.59. The van der Waals surface area contributed by atoms with Crippen molar-refractivity contribution in [2.75, 3.05) is 7.11 Å². The summed E-state index contributed by atoms with van der Waals surface area (Å²) in [7, 11) is 1.29. The smallest absolute Gasteiger partial charge is 0.335 e. The number of hydrogen-bond acceptors (Lipinski definition) is 4. The first-order valence-electron chi connectivity index (χ1n) is 6.05. The third-order valence-electron chi connectivity index (χ3n) is 2.53. The summed E-state index contributed by atoms with van der Waals surface area (Å²) in [5.41, 5.74) is 0.928. The molecule has 0 aromatic heterocycles. The van der Waals surface area contributed by atoms with Crippen LogP contribution in [0.2, 0.25) is 5.02 Å². The summed E-state index contributed by atoms with van der Waals surface area (Å²) in [5.74, 6) is -1.89. The van der Waals surface area contributed by atoms with E-state index in [4.69, 9.17) is 16.3 Å². The Balaban J connectivity index is 2.68. The molecule has 5 heteroatoms. The zero-order chi connectivity index (χ0) is 14.5. The molecule has 0 aliphatic carbocycles. The van der Waals surface area contributed by atoms with Crippen LogP contribution in [0.3, 0.4) is 0 Å². The monoisotopic (exact) mass is 286 g/mol. The average molecular weight is 287 g/mol. The van der Waals surface area contributed by atoms with Gasteiger partial charge >= 0.3 is 5.97 Å². The quantitative estimate of drug-likeness (QED) is 0.645. The van der Waals surface area contributed by atoms with Crippen LogP contribution in [0.4, 0.5) is 0 Å². The van der Waals surface area contributed by atoms with Crippen molar-refractivity contribution in [3.05, 3.63) is 34.9 Å². The molecular weight excluding hydrogens is 268 g/mol. The number of ether oxygens (including phenoxy) is 2. The topological polar surface area (TPSA) is 55.8 Å². The molecule has 0 aliphatic heterocycles. The molecule has 1 N–H and O–H groups in total. The number of aryl methyl sites for hydroxylation is 1. The number of halogens is 1. The Morgan fingerprint density at radius 3 is 2.58 bits per heavy atom. The van der Waals surface area contributed by atoms with Gasteiger partial charge in [-0.3, -0.25) is 0 Å². The number of rotatable bonds is 6. The Labute approximate surface area is 118 Å². The molecule has 0 saturated carbocycles. The number of esters is 1. The second-order valence-electron chi connectivity index (χ2n) is 4.71. The van der Waals surface area contributed by atoms with E-state index in [1.54, 1.807) is 6.07 Å². The van der Waals surface area contributed by atoms with Crippen LogP contribution in [0, 0.1) is 0 Å². The van der Waals surface area contributed by atoms with E-state index in [-0.39, 0.29) is 0 Å². The van der Waals surface area contributed by atoms with Gasteiger partial charge in [-0.15, -0.1) is 0 Å². The van der Waals surface area contributed by atoms with Gasteiger partial charge in [0.15, 0.2) is 11.9 Å². The highest BCUT2D eigenvalue weighted by Gasteiger charge is 2.27. The largest absolute Gasteiger partial charge is 0.467 e. The Bertz CT molecular complexity index is 426. The fourth-order valence-electron chi connectivity index (χ4n) is 1.69. The maximum absolute atomic E-state index is 11.6. The first-order chi connectivity index (χ1) is 8.83. The van der Waals surface area contributed by atoms with Crippen molar-refractivity contribution >= 4 is 17.6 Å². The lowest BCUT2D eigenvalue weighted by molar-refractivity contribution is -0.217. The number of hydrogen-bond donors (Lipinski definition) is 1. The molecule has 1 rings (SSSR count). The molecule has 0 heterocycles. The van der Waals surface area contributed by atoms with Crippen LogP contribution in [0.5, 0.6) is 0 Å². The van der Waals surface area contributed by atoms with Gasteiger partial charge < -0.3 is 14.6 Å². The van der Waals surface area contributed by atoms with Crippen LogP contribution in [-0.2, 0) is 20.7 Å². The van der Waals surface area contributed by atoms with Crippen LogP contribution in [0.25, 0.3) is 0 Å². The summed E-state index contributed by atoms with van der Waals surface area (Å²) in [4.78, 5) is 11.6. The predicted molar refractivity (Wildman–Crippen MR) is 73.0 cm³/mol. The molecule has 0 radical (unpaired) electrons. The number of carbonyl (C=O) groups is 1. The molecule has 0 aliphatic rings. The van der Waals surface area contributed by atoms with Gasteiger partial charge in [0.1, 0.15) is 0 Å². The molecule has 0 bridgehead atoms. The summed E-state index contributed by atoms with van der Waals surface area (Å²) in [6, 6.07) is 7.41. The van der Waals surface area contributed by atoms with Gasteiger partial charge in [-0.25, -0.2) is 4.79 Å². The van der Waals surface area contributed by atoms with Crippen LogP contribution in [0.1, 0.15) is 25.8 Å². The molecular formula is C14H19ClO4. The average Bonchev–Trinajstić information content (AvgIpc) is 2.34. The molecule has 106 valence electrons. The molecule has 4 nitrogen and oxygen atoms in total. The lowest BCUT2D eigenvalue weighted by atomic mass is 10.1. The molecule has 0 spiro atoms. The van der Waals surface area contributed by atoms with E-state index in [0.717, 1.165) is 5.56 Å². The van der Waals surface area contributed by atoms with Gasteiger partial charge in [-0.1, -0.05) is 29.8 Å². The minimum atomic E-state index is -1.39. The van der Waals surface area contributed by atoms with Crippen molar-refractivity contribution in [2.45, 2.75) is 38.6 Å². The minimum absolute atomic E-state index is 0.389. The van der Waals surface area contributed by atoms with Crippen molar-refractivity contribution in [2.24, 2.45) is 0 Å². The van der Waals surface area contributed by atoms with Gasteiger partial charge in [0, 0.05) is 5.02 Å². The van der Waals surface area contributed by atoms with Crippen molar-refractivity contribution in [1.82, 2.24) is 0 Å². The van der Waals surface area contributed by atoms with Crippen molar-refractivity contribution in [3.63, 3.8) is 0 Å². The number of aliphatic hydroxyl groups is 1. The number of carbonyl (C=O) groups excluding carboxylic acids is 1. The maximum atomic E-state index is 11.6. The van der Waals surface area contributed by atoms with E-state index in [9.17, 15) is 9.90 Å². The van der Waals surface area contributed by atoms with Crippen molar-refractivity contribution in [3.8, 4) is 0 Å². The Kier molecular flexibility index (Phi) is 5.79. The van der Waals surface area contributed by atoms with E-state index in [1.807, 2.05) is 18.2 Å². The molecule has 1 aromatic rings. The van der Waals surface area contributed by atoms with Crippen LogP contribution >= 0.6 is 11.6 Å². The molecule has 1 aromatic carbocycles. The molecule has 19 heavy (non-hydrogen) atoms. The summed E-state index contributed by atoms with van der Waals surface area (Å²) in [6.07, 6.45) is 0.136. The van der Waals surface area contributed by atoms with Crippen LogP contribution in [0.15, 0.2) is 24.3 Å². The minimum Gasteiger partial charge on any atom is -0.467 e. The second-order valence-corrected chi connectivity index (χ2v) is 5.11. The molecule has 0 saturated heterocycles. The van der Waals surface area contributed by atoms with E-state index >= 15 is 0 Å². The molecule has 0 unspecified atom stereocenters. The highest BCUT2D eigenvalue weighted by atomic mass is 35.5. The van der Waals surface area contributed by atoms with Gasteiger partial charge in [-0.2, -0.15) is 0 Å². The van der Waals surface area contributed by atoms with Gasteiger partial charge in [0.2, 0.25) is 0 Å². The molecule has 0 amide bonds. The van der Waals surface area contributed by atoms with Crippen LogP contribution < -0.4 is 0 Å². The highest BCUT2D eigenvalue weighted by Crippen LogP contribution is 2.20. The molecule has 0 fully saturated rings. The number of methoxy groups -OCH3 is 1. The fourth-order valence-corrected chi connectivity index (χ4v) is 1.92. The highest BCUT2D eigenvalue weighted by molar-refractivity contribution is 6.31. The van der Waals surface area contributed by atoms with Gasteiger partial charge in [0.05, 0.1) is 7.11 Å². The Morgan fingerprint density at radius 2 is 2.05 bits per heavy atom. The number of benzene rings is 1. The lowest BCUT2D eigenvalue weighted by Gasteiger charge is -2.24. The zero-order valence-electron chi connectivity index (χ0n) is 11.4. The second kappa shape index (κ2) is 6.89. The van der Waals surface area contributed by atoms with E-state index < -0.39 is 17.9 Å². The van der Waals surface area contributed by atoms with E-state index in [1.165, 1.54) is 21.0 Å². The summed E-state index contributed by atoms with van der Waals surface area (Å²) in [5, 5.41) is 10.3. The Morgan fingerprint density at radius 1 is 1.42 bits per heavy atom. The Hall–Kier alpha value is -1.10. The van der Waals surface area contributed by atoms with Gasteiger partial charge in [-0.05, 0) is 38.3 Å². The lowest BCUT2D eigenvalue weighted by Crippen LogP contribution is -2.36. The fraction of sp³-hybridized carbons (Fsp3) is 0.500. The first kappa shape index (κ1) is 16.0. The third-order valence-corrected chi connectivity index (χ3v) is 2.90. The van der Waals surface area contributed by atoms with E-state index in [2.05, 4.69) is 4.74 Å². The summed E-state index contributed by atoms with van der Waals surface area (Å²) >= 11 is 6.05. The first-order valence-corrected chi connectivity index (χ1v) is 6.42. The standard InChI is InChI=1S/C14H19ClO4/c1-14(2,17)19-12(13(16)18-3)9-8-10-6-4-5-7-11(10)15/h4-7,12,17H,8-9H2,1-3H3/t12-/m0/s1. The van der Waals surface area contributed by atoms with E-state index in [0.29, 0.717) is 17.9 Å². The van der Waals surface area contributed by atoms with Crippen LogP contribution in [-0.4, -0.2) is 30.1 Å². The SMILES string of the molecule is COC(=O)[C@H](CCc1ccccc1Cl)OC(C)(C)O. The van der Waals surface area contributed by atoms with Crippen molar-refractivity contribution < 1.29 is 19.4 Å². The maximum Gasteiger partial charge on any atom is 0.335 e.